The molecule has 0 aliphatic rings. The first-order valence-corrected chi connectivity index (χ1v) is 17.2. The van der Waals surface area contributed by atoms with Crippen LogP contribution in [0.5, 0.6) is 0 Å². The normalized spacial score (nSPS) is 12.6. The number of benzene rings is 2. The fourth-order valence-corrected chi connectivity index (χ4v) is 2.03. The summed E-state index contributed by atoms with van der Waals surface area (Å²) in [5.41, 5.74) is 2.90. The highest BCUT2D eigenvalue weighted by Gasteiger charge is 2.00. The molecule has 2 aromatic carbocycles. The molecule has 0 radical (unpaired) electrons. The van der Waals surface area contributed by atoms with Crippen LogP contribution in [0.2, 0.25) is 0 Å². The molecule has 0 bridgehead atoms. The lowest BCUT2D eigenvalue weighted by molar-refractivity contribution is 0.583. The van der Waals surface area contributed by atoms with Gasteiger partial charge in [-0.2, -0.15) is 0 Å². The molecule has 0 aliphatic carbocycles. The van der Waals surface area contributed by atoms with Gasteiger partial charge in [0.1, 0.15) is 0 Å². The molecule has 0 amide bonds. The largest absolute Gasteiger partial charge is 0.324 e. The van der Waals surface area contributed by atoms with Crippen molar-refractivity contribution in [3.05, 3.63) is 71.8 Å². The van der Waals surface area contributed by atoms with Crippen LogP contribution in [0.25, 0.3) is 0 Å². The zero-order valence-electron chi connectivity index (χ0n) is 21.8. The third-order valence-corrected chi connectivity index (χ3v) is 6.25. The molecule has 0 N–H and O–H groups in total. The van der Waals surface area contributed by atoms with Crippen molar-refractivity contribution in [2.45, 2.75) is 59.3 Å². The standard InChI is InChI=1S/2C10H14.C4H11OP.C3H9OP/c2*1-3-9(2)10-7-5-4-6-8-10;1-4-6(2,3)5;1-5(2,3)4/h2*4-9H,3H2,1-2H3;4H2,1-3H3;1-3H3. The fraction of sp³-hybridized carbons (Fsp3) is 0.556. The third-order valence-electron chi connectivity index (χ3n) is 4.72. The van der Waals surface area contributed by atoms with Crippen LogP contribution in [0.4, 0.5) is 0 Å². The Hall–Kier alpha value is -1.10. The van der Waals surface area contributed by atoms with Gasteiger partial charge in [-0.15, -0.1) is 0 Å². The second-order valence-corrected chi connectivity index (χ2v) is 16.8. The summed E-state index contributed by atoms with van der Waals surface area (Å²) in [6, 6.07) is 21.3. The molecular weight excluding hydrogens is 418 g/mol. The predicted octanol–water partition coefficient (Wildman–Crippen LogP) is 9.27. The Morgan fingerprint density at radius 2 is 0.839 bits per heavy atom. The summed E-state index contributed by atoms with van der Waals surface area (Å²) >= 11 is 0. The van der Waals surface area contributed by atoms with Gasteiger partial charge in [-0.25, -0.2) is 0 Å². The summed E-state index contributed by atoms with van der Waals surface area (Å²) in [5, 5.41) is 0. The first-order valence-electron chi connectivity index (χ1n) is 11.4. The lowest BCUT2D eigenvalue weighted by atomic mass is 9.99. The smallest absolute Gasteiger partial charge is 0.0816 e. The van der Waals surface area contributed by atoms with E-state index in [1.165, 1.54) is 24.0 Å². The Labute approximate surface area is 194 Å². The van der Waals surface area contributed by atoms with Crippen LogP contribution >= 0.6 is 14.3 Å². The quantitative estimate of drug-likeness (QED) is 0.411. The Balaban J connectivity index is 0. The van der Waals surface area contributed by atoms with Crippen molar-refractivity contribution in [3.8, 4) is 0 Å². The lowest BCUT2D eigenvalue weighted by Gasteiger charge is -2.06. The second kappa shape index (κ2) is 17.5. The SMILES string of the molecule is CCC(C)c1ccccc1.CCC(C)c1ccccc1.CCP(C)(C)=O.CP(C)(C)=O. The molecule has 0 saturated heterocycles. The van der Waals surface area contributed by atoms with E-state index in [-0.39, 0.29) is 0 Å². The van der Waals surface area contributed by atoms with Crippen molar-refractivity contribution in [2.24, 2.45) is 0 Å². The summed E-state index contributed by atoms with van der Waals surface area (Å²) in [5.74, 6) is 1.42. The summed E-state index contributed by atoms with van der Waals surface area (Å²) in [6.07, 6.45) is 3.28. The minimum atomic E-state index is -1.65. The highest BCUT2D eigenvalue weighted by Crippen LogP contribution is 2.34. The molecule has 0 spiro atoms. The van der Waals surface area contributed by atoms with Gasteiger partial charge in [0, 0.05) is 0 Å². The molecule has 0 fully saturated rings. The van der Waals surface area contributed by atoms with Crippen molar-refractivity contribution in [2.75, 3.05) is 39.5 Å². The Morgan fingerprint density at radius 1 is 0.613 bits per heavy atom. The van der Waals surface area contributed by atoms with E-state index >= 15 is 0 Å². The van der Waals surface area contributed by atoms with Crippen molar-refractivity contribution in [1.29, 1.82) is 0 Å². The first-order chi connectivity index (χ1) is 14.2. The summed E-state index contributed by atoms with van der Waals surface area (Å²) in [4.78, 5) is 0. The van der Waals surface area contributed by atoms with Crippen molar-refractivity contribution >= 4 is 14.3 Å². The molecule has 2 aromatic rings. The highest BCUT2D eigenvalue weighted by molar-refractivity contribution is 7.62. The maximum atomic E-state index is 10.6. The molecule has 0 aliphatic heterocycles. The van der Waals surface area contributed by atoms with Gasteiger partial charge in [0.15, 0.2) is 0 Å². The van der Waals surface area contributed by atoms with Crippen LogP contribution in [0, 0.1) is 0 Å². The molecule has 2 rings (SSSR count). The molecule has 0 aromatic heterocycles. The second-order valence-electron chi connectivity index (χ2n) is 9.22. The van der Waals surface area contributed by atoms with Gasteiger partial charge >= 0.3 is 0 Å². The summed E-state index contributed by atoms with van der Waals surface area (Å²) in [6.45, 7) is 19.7. The number of hydrogen-bond acceptors (Lipinski definition) is 2. The lowest BCUT2D eigenvalue weighted by Crippen LogP contribution is -1.88. The Morgan fingerprint density at radius 3 is 1.00 bits per heavy atom. The number of hydrogen-bond donors (Lipinski definition) is 0. The topological polar surface area (TPSA) is 34.1 Å². The maximum Gasteiger partial charge on any atom is 0.0816 e. The van der Waals surface area contributed by atoms with Crippen LogP contribution < -0.4 is 0 Å². The van der Waals surface area contributed by atoms with Crippen LogP contribution in [-0.2, 0) is 9.13 Å². The van der Waals surface area contributed by atoms with E-state index in [9.17, 15) is 9.13 Å². The van der Waals surface area contributed by atoms with Gasteiger partial charge in [0.25, 0.3) is 0 Å². The van der Waals surface area contributed by atoms with Gasteiger partial charge in [-0.1, -0.05) is 95.3 Å². The molecule has 0 heterocycles. The first kappa shape index (κ1) is 32.1. The van der Waals surface area contributed by atoms with Gasteiger partial charge in [-0.3, -0.25) is 0 Å². The highest BCUT2D eigenvalue weighted by atomic mass is 31.2. The van der Waals surface area contributed by atoms with Gasteiger partial charge in [0.2, 0.25) is 0 Å². The van der Waals surface area contributed by atoms with Crippen LogP contribution in [0.15, 0.2) is 60.7 Å². The molecule has 2 atom stereocenters. The van der Waals surface area contributed by atoms with E-state index in [4.69, 9.17) is 0 Å². The number of rotatable bonds is 5. The third kappa shape index (κ3) is 23.4. The van der Waals surface area contributed by atoms with Crippen molar-refractivity contribution in [1.82, 2.24) is 0 Å². The van der Waals surface area contributed by atoms with Crippen LogP contribution in [0.3, 0.4) is 0 Å². The zero-order chi connectivity index (χ0) is 24.5. The van der Waals surface area contributed by atoms with Crippen molar-refractivity contribution < 1.29 is 9.13 Å². The average molecular weight is 467 g/mol. The molecule has 4 heteroatoms. The fourth-order valence-electron chi connectivity index (χ4n) is 2.03. The van der Waals surface area contributed by atoms with Gasteiger partial charge in [0.05, 0.1) is 14.3 Å². The van der Waals surface area contributed by atoms with E-state index < -0.39 is 14.3 Å². The van der Waals surface area contributed by atoms with Crippen molar-refractivity contribution in [3.63, 3.8) is 0 Å². The van der Waals surface area contributed by atoms with Gasteiger partial charge in [-0.05, 0) is 75.3 Å². The average Bonchev–Trinajstić information content (AvgIpc) is 2.73. The van der Waals surface area contributed by atoms with Crippen LogP contribution in [0.1, 0.15) is 70.4 Å². The molecule has 31 heavy (non-hydrogen) atoms. The summed E-state index contributed by atoms with van der Waals surface area (Å²) in [7, 11) is -3.29. The van der Waals surface area contributed by atoms with E-state index in [1.54, 1.807) is 33.3 Å². The Bertz CT molecular complexity index is 692. The molecule has 2 unspecified atom stereocenters. The maximum absolute atomic E-state index is 10.6. The molecule has 2 nitrogen and oxygen atoms in total. The van der Waals surface area contributed by atoms with E-state index in [0.29, 0.717) is 11.8 Å². The Kier molecular flexibility index (Phi) is 18.1. The minimum absolute atomic E-state index is 0.709. The van der Waals surface area contributed by atoms with E-state index in [1.807, 2.05) is 6.92 Å². The molecule has 0 saturated carbocycles. The van der Waals surface area contributed by atoms with Crippen LogP contribution in [-0.4, -0.2) is 39.5 Å². The summed E-state index contributed by atoms with van der Waals surface area (Å²) < 4.78 is 20.8. The molecular formula is C27H48O2P2. The van der Waals surface area contributed by atoms with E-state index in [0.717, 1.165) is 6.16 Å². The van der Waals surface area contributed by atoms with E-state index in [2.05, 4.69) is 88.4 Å². The monoisotopic (exact) mass is 466 g/mol. The zero-order valence-corrected chi connectivity index (χ0v) is 23.5. The van der Waals surface area contributed by atoms with Gasteiger partial charge < -0.3 is 9.13 Å². The predicted molar refractivity (Wildman–Crippen MR) is 146 cm³/mol. The molecule has 178 valence electrons. The minimum Gasteiger partial charge on any atom is -0.324 e.